The molecule has 0 aromatic heterocycles. The molecule has 0 radical (unpaired) electrons. The van der Waals surface area contributed by atoms with Crippen LogP contribution in [0.3, 0.4) is 0 Å². The van der Waals surface area contributed by atoms with Gasteiger partial charge in [0.2, 0.25) is 5.91 Å². The van der Waals surface area contributed by atoms with Crippen LogP contribution >= 0.6 is 0 Å². The van der Waals surface area contributed by atoms with Gasteiger partial charge in [0.15, 0.2) is 0 Å². The molecule has 1 amide bonds. The Balaban J connectivity index is 2.74. The maximum absolute atomic E-state index is 11.8. The average molecular weight is 250 g/mol. The molecule has 0 fully saturated rings. The summed E-state index contributed by atoms with van der Waals surface area (Å²) in [7, 11) is 0. The first kappa shape index (κ1) is 14.5. The Hall–Kier alpha value is -1.55. The van der Waals surface area contributed by atoms with Crippen LogP contribution in [0.15, 0.2) is 12.1 Å². The Kier molecular flexibility index (Phi) is 4.35. The van der Waals surface area contributed by atoms with Crippen LogP contribution < -0.4 is 11.1 Å². The maximum Gasteiger partial charge on any atom is 0.250 e. The average Bonchev–Trinajstić information content (AvgIpc) is 2.26. The van der Waals surface area contributed by atoms with E-state index in [0.29, 0.717) is 5.69 Å². The van der Waals surface area contributed by atoms with Gasteiger partial charge < -0.3 is 15.8 Å². The van der Waals surface area contributed by atoms with E-state index in [4.69, 9.17) is 10.5 Å². The normalized spacial score (nSPS) is 11.4. The summed E-state index contributed by atoms with van der Waals surface area (Å²) in [6.45, 7) is 9.61. The second-order valence-corrected chi connectivity index (χ2v) is 5.42. The molecule has 0 saturated heterocycles. The lowest BCUT2D eigenvalue weighted by Crippen LogP contribution is -2.27. The maximum atomic E-state index is 11.8. The molecule has 0 aliphatic rings. The van der Waals surface area contributed by atoms with Crippen molar-refractivity contribution in [3.8, 4) is 0 Å². The van der Waals surface area contributed by atoms with Gasteiger partial charge >= 0.3 is 0 Å². The highest BCUT2D eigenvalue weighted by atomic mass is 16.5. The third kappa shape index (κ3) is 4.04. The predicted molar refractivity (Wildman–Crippen MR) is 74.7 cm³/mol. The van der Waals surface area contributed by atoms with E-state index >= 15 is 0 Å². The van der Waals surface area contributed by atoms with Crippen LogP contribution in [-0.2, 0) is 9.53 Å². The molecule has 0 aliphatic carbocycles. The Morgan fingerprint density at radius 3 is 2.50 bits per heavy atom. The Bertz CT molecular complexity index is 448. The van der Waals surface area contributed by atoms with E-state index in [1.165, 1.54) is 0 Å². The van der Waals surface area contributed by atoms with Gasteiger partial charge in [-0.2, -0.15) is 0 Å². The summed E-state index contributed by atoms with van der Waals surface area (Å²) >= 11 is 0. The van der Waals surface area contributed by atoms with Crippen molar-refractivity contribution >= 4 is 17.3 Å². The van der Waals surface area contributed by atoms with Gasteiger partial charge in [-0.3, -0.25) is 4.79 Å². The lowest BCUT2D eigenvalue weighted by molar-refractivity contribution is -0.125. The van der Waals surface area contributed by atoms with Crippen molar-refractivity contribution in [1.82, 2.24) is 0 Å². The van der Waals surface area contributed by atoms with Gasteiger partial charge in [0.25, 0.3) is 0 Å². The molecule has 4 heteroatoms. The van der Waals surface area contributed by atoms with E-state index in [1.807, 2.05) is 46.8 Å². The predicted octanol–water partition coefficient (Wildman–Crippen LogP) is 2.64. The largest absolute Gasteiger partial charge is 0.398 e. The number of ether oxygens (including phenoxy) is 1. The fourth-order valence-corrected chi connectivity index (χ4v) is 1.51. The summed E-state index contributed by atoms with van der Waals surface area (Å²) in [6.07, 6.45) is 0. The standard InChI is InChI=1S/C14H22N2O2/c1-9-6-7-11(15)10(2)13(9)16-12(17)8-18-14(3,4)5/h6-7H,8,15H2,1-5H3,(H,16,17). The Morgan fingerprint density at radius 1 is 1.33 bits per heavy atom. The monoisotopic (exact) mass is 250 g/mol. The van der Waals surface area contributed by atoms with E-state index < -0.39 is 0 Å². The van der Waals surface area contributed by atoms with E-state index in [1.54, 1.807) is 0 Å². The molecule has 0 aliphatic heterocycles. The van der Waals surface area contributed by atoms with Crippen LogP contribution in [0.2, 0.25) is 0 Å². The summed E-state index contributed by atoms with van der Waals surface area (Å²) in [5.41, 5.74) is 8.83. The molecular formula is C14H22N2O2. The summed E-state index contributed by atoms with van der Waals surface area (Å²) in [6, 6.07) is 3.73. The van der Waals surface area contributed by atoms with Crippen LogP contribution in [0.1, 0.15) is 31.9 Å². The third-order valence-electron chi connectivity index (χ3n) is 2.62. The van der Waals surface area contributed by atoms with Gasteiger partial charge in [0, 0.05) is 11.4 Å². The minimum Gasteiger partial charge on any atom is -0.398 e. The third-order valence-corrected chi connectivity index (χ3v) is 2.62. The number of amides is 1. The smallest absolute Gasteiger partial charge is 0.250 e. The first-order valence-electron chi connectivity index (χ1n) is 6.00. The number of nitrogen functional groups attached to an aromatic ring is 1. The number of nitrogens with one attached hydrogen (secondary N) is 1. The van der Waals surface area contributed by atoms with Crippen LogP contribution in [0, 0.1) is 13.8 Å². The highest BCUT2D eigenvalue weighted by Gasteiger charge is 2.14. The minimum absolute atomic E-state index is 0.0389. The van der Waals surface area contributed by atoms with Crippen LogP contribution in [-0.4, -0.2) is 18.1 Å². The number of hydrogen-bond donors (Lipinski definition) is 2. The van der Waals surface area contributed by atoms with Gasteiger partial charge in [-0.15, -0.1) is 0 Å². The minimum atomic E-state index is -0.322. The molecule has 0 spiro atoms. The second kappa shape index (κ2) is 5.40. The molecule has 0 atom stereocenters. The number of aryl methyl sites for hydroxylation is 1. The van der Waals surface area contributed by atoms with Crippen molar-refractivity contribution in [3.63, 3.8) is 0 Å². The number of hydrogen-bond acceptors (Lipinski definition) is 3. The quantitative estimate of drug-likeness (QED) is 0.810. The molecule has 0 bridgehead atoms. The van der Waals surface area contributed by atoms with Crippen molar-refractivity contribution in [3.05, 3.63) is 23.3 Å². The zero-order valence-corrected chi connectivity index (χ0v) is 11.8. The van der Waals surface area contributed by atoms with Crippen molar-refractivity contribution in [2.45, 2.75) is 40.2 Å². The number of benzene rings is 1. The van der Waals surface area contributed by atoms with Crippen LogP contribution in [0.5, 0.6) is 0 Å². The van der Waals surface area contributed by atoms with E-state index in [-0.39, 0.29) is 18.1 Å². The molecule has 4 nitrogen and oxygen atoms in total. The number of anilines is 2. The van der Waals surface area contributed by atoms with Crippen LogP contribution in [0.4, 0.5) is 11.4 Å². The molecule has 0 unspecified atom stereocenters. The topological polar surface area (TPSA) is 64.3 Å². The van der Waals surface area contributed by atoms with Crippen molar-refractivity contribution in [2.75, 3.05) is 17.7 Å². The molecule has 0 heterocycles. The molecule has 3 N–H and O–H groups in total. The fourth-order valence-electron chi connectivity index (χ4n) is 1.51. The summed E-state index contributed by atoms with van der Waals surface area (Å²) in [5.74, 6) is -0.165. The fraction of sp³-hybridized carbons (Fsp3) is 0.500. The number of carbonyl (C=O) groups is 1. The molecular weight excluding hydrogens is 228 g/mol. The van der Waals surface area contributed by atoms with E-state index in [0.717, 1.165) is 16.8 Å². The van der Waals surface area contributed by atoms with Gasteiger partial charge in [0.1, 0.15) is 6.61 Å². The van der Waals surface area contributed by atoms with Gasteiger partial charge in [-0.05, 0) is 51.8 Å². The molecule has 0 saturated carbocycles. The van der Waals surface area contributed by atoms with Gasteiger partial charge in [-0.25, -0.2) is 0 Å². The van der Waals surface area contributed by atoms with Crippen molar-refractivity contribution in [2.24, 2.45) is 0 Å². The summed E-state index contributed by atoms with van der Waals surface area (Å²) in [5, 5.41) is 2.85. The second-order valence-electron chi connectivity index (χ2n) is 5.42. The Labute approximate surface area is 109 Å². The number of carbonyl (C=O) groups excluding carboxylic acids is 1. The lowest BCUT2D eigenvalue weighted by atomic mass is 10.1. The van der Waals surface area contributed by atoms with E-state index in [9.17, 15) is 4.79 Å². The van der Waals surface area contributed by atoms with Gasteiger partial charge in [-0.1, -0.05) is 6.07 Å². The Morgan fingerprint density at radius 2 is 1.94 bits per heavy atom. The highest BCUT2D eigenvalue weighted by molar-refractivity contribution is 5.94. The zero-order chi connectivity index (χ0) is 13.9. The molecule has 100 valence electrons. The van der Waals surface area contributed by atoms with Gasteiger partial charge in [0.05, 0.1) is 5.60 Å². The molecule has 1 aromatic rings. The summed E-state index contributed by atoms with van der Waals surface area (Å²) in [4.78, 5) is 11.8. The first-order valence-corrected chi connectivity index (χ1v) is 6.00. The van der Waals surface area contributed by atoms with Crippen molar-refractivity contribution < 1.29 is 9.53 Å². The highest BCUT2D eigenvalue weighted by Crippen LogP contribution is 2.25. The SMILES string of the molecule is Cc1ccc(N)c(C)c1NC(=O)COC(C)(C)C. The first-order chi connectivity index (χ1) is 8.20. The molecule has 18 heavy (non-hydrogen) atoms. The van der Waals surface area contributed by atoms with Crippen LogP contribution in [0.25, 0.3) is 0 Å². The molecule has 1 aromatic carbocycles. The summed E-state index contributed by atoms with van der Waals surface area (Å²) < 4.78 is 5.43. The number of rotatable bonds is 3. The van der Waals surface area contributed by atoms with Crippen molar-refractivity contribution in [1.29, 1.82) is 0 Å². The molecule has 1 rings (SSSR count). The lowest BCUT2D eigenvalue weighted by Gasteiger charge is -2.20. The zero-order valence-electron chi connectivity index (χ0n) is 11.8. The van der Waals surface area contributed by atoms with E-state index in [2.05, 4.69) is 5.32 Å². The number of nitrogens with two attached hydrogens (primary N) is 1.